The molecular weight excluding hydrogens is 1310 g/mol. The topological polar surface area (TPSA) is 237 Å². The molecule has 100 heavy (non-hydrogen) atoms. The predicted molar refractivity (Wildman–Crippen MR) is 408 cm³/mol. The molecule has 0 aromatic heterocycles. The molecule has 0 aromatic rings. The minimum absolute atomic E-state index is 0.0753. The van der Waals surface area contributed by atoms with Crippen LogP contribution in [0.15, 0.2) is 122 Å². The van der Waals surface area contributed by atoms with Crippen molar-refractivity contribution in [1.29, 1.82) is 0 Å². The molecule has 0 rings (SSSR count). The predicted octanol–water partition coefficient (Wildman–Crippen LogP) is 22.3. The number of aliphatic hydroxyl groups excluding tert-OH is 1. The number of esters is 4. The molecule has 0 aliphatic heterocycles. The molecule has 0 amide bonds. The fraction of sp³-hybridized carbons (Fsp3) is 0.704. The molecule has 0 aromatic carbocycles. The van der Waals surface area contributed by atoms with E-state index in [0.29, 0.717) is 25.7 Å². The van der Waals surface area contributed by atoms with Gasteiger partial charge < -0.3 is 33.8 Å². The Morgan fingerprint density at radius 2 is 0.530 bits per heavy atom. The second kappa shape index (κ2) is 72.8. The van der Waals surface area contributed by atoms with E-state index in [4.69, 9.17) is 37.0 Å². The van der Waals surface area contributed by atoms with Gasteiger partial charge in [0.2, 0.25) is 0 Å². The van der Waals surface area contributed by atoms with Crippen molar-refractivity contribution < 1.29 is 80.2 Å². The molecule has 0 spiro atoms. The van der Waals surface area contributed by atoms with Crippen LogP contribution in [0.1, 0.15) is 310 Å². The Labute approximate surface area is 606 Å². The van der Waals surface area contributed by atoms with Crippen LogP contribution in [0.3, 0.4) is 0 Å². The van der Waals surface area contributed by atoms with Crippen molar-refractivity contribution in [3.8, 4) is 0 Å². The first kappa shape index (κ1) is 95.5. The van der Waals surface area contributed by atoms with E-state index in [1.165, 1.54) is 38.5 Å². The van der Waals surface area contributed by atoms with Gasteiger partial charge in [-0.05, 0) is 148 Å². The molecule has 3 N–H and O–H groups in total. The van der Waals surface area contributed by atoms with Crippen LogP contribution in [0.5, 0.6) is 0 Å². The number of carbonyl (C=O) groups excluding carboxylic acids is 4. The molecular formula is C81H138O17P2. The van der Waals surface area contributed by atoms with Gasteiger partial charge >= 0.3 is 39.5 Å². The summed E-state index contributed by atoms with van der Waals surface area (Å²) in [6, 6.07) is 0. The summed E-state index contributed by atoms with van der Waals surface area (Å²) in [5.74, 6) is -2.24. The Hall–Kier alpha value is -4.54. The lowest BCUT2D eigenvalue weighted by molar-refractivity contribution is -0.161. The van der Waals surface area contributed by atoms with Crippen LogP contribution in [0.2, 0.25) is 0 Å². The summed E-state index contributed by atoms with van der Waals surface area (Å²) in [4.78, 5) is 72.9. The van der Waals surface area contributed by atoms with E-state index in [1.807, 2.05) is 0 Å². The van der Waals surface area contributed by atoms with Crippen molar-refractivity contribution in [2.75, 3.05) is 39.6 Å². The molecule has 5 unspecified atom stereocenters. The van der Waals surface area contributed by atoms with E-state index in [-0.39, 0.29) is 25.7 Å². The van der Waals surface area contributed by atoms with Crippen LogP contribution in [-0.2, 0) is 65.4 Å². The first-order valence-electron chi connectivity index (χ1n) is 38.8. The summed E-state index contributed by atoms with van der Waals surface area (Å²) in [5, 5.41) is 10.6. The number of aliphatic hydroxyl groups is 1. The third kappa shape index (κ3) is 71.8. The quantitative estimate of drug-likeness (QED) is 0.0169. The number of allylic oxidation sites excluding steroid dienone is 20. The van der Waals surface area contributed by atoms with Gasteiger partial charge in [0, 0.05) is 25.7 Å². The van der Waals surface area contributed by atoms with Gasteiger partial charge in [0.15, 0.2) is 12.2 Å². The average Bonchev–Trinajstić information content (AvgIpc) is 0.940. The summed E-state index contributed by atoms with van der Waals surface area (Å²) in [6.07, 6.45) is 79.0. The van der Waals surface area contributed by atoms with E-state index in [9.17, 15) is 43.2 Å². The van der Waals surface area contributed by atoms with Crippen molar-refractivity contribution in [2.45, 2.75) is 329 Å². The second-order valence-corrected chi connectivity index (χ2v) is 28.4. The van der Waals surface area contributed by atoms with E-state index in [1.54, 1.807) is 0 Å². The van der Waals surface area contributed by atoms with E-state index in [2.05, 4.69) is 149 Å². The van der Waals surface area contributed by atoms with Gasteiger partial charge in [-0.1, -0.05) is 258 Å². The molecule has 17 nitrogen and oxygen atoms in total. The lowest BCUT2D eigenvalue weighted by Crippen LogP contribution is -2.30. The summed E-state index contributed by atoms with van der Waals surface area (Å²) in [7, 11) is -9.97. The molecule has 0 radical (unpaired) electrons. The Morgan fingerprint density at radius 3 is 0.850 bits per heavy atom. The Balaban J connectivity index is 5.34. The van der Waals surface area contributed by atoms with Crippen molar-refractivity contribution in [1.82, 2.24) is 0 Å². The highest BCUT2D eigenvalue weighted by Gasteiger charge is 2.30. The molecule has 0 saturated carbocycles. The number of phosphoric acid groups is 2. The summed E-state index contributed by atoms with van der Waals surface area (Å²) in [6.45, 7) is 4.53. The zero-order chi connectivity index (χ0) is 73.2. The largest absolute Gasteiger partial charge is 0.472 e. The molecule has 0 aliphatic rings. The van der Waals surface area contributed by atoms with Crippen LogP contribution in [0, 0.1) is 0 Å². The molecule has 5 atom stereocenters. The zero-order valence-electron chi connectivity index (χ0n) is 62.6. The first-order chi connectivity index (χ1) is 48.7. The van der Waals surface area contributed by atoms with E-state index < -0.39 is 97.5 Å². The van der Waals surface area contributed by atoms with Gasteiger partial charge in [-0.15, -0.1) is 0 Å². The van der Waals surface area contributed by atoms with E-state index >= 15 is 0 Å². The summed E-state index contributed by atoms with van der Waals surface area (Å²) in [5.41, 5.74) is 0. The fourth-order valence-electron chi connectivity index (χ4n) is 10.0. The standard InChI is InChI=1S/C81H138O17P2/c1-5-9-13-17-21-25-29-32-34-36-37-39-41-44-47-50-54-58-62-66-79(84)92-72-77(98-81(86)68-64-60-56-52-48-42-31-27-23-19-15-11-7-3)74-96-100(89,90)94-70-75(82)69-93-99(87,88)95-73-76(97-80(85)67-63-59-55-51-45-28-24-20-16-12-8-4)71-91-78(83)65-61-57-53-49-46-43-40-38-35-33-30-26-22-18-14-10-6-2/h9-10,13-14,20-22,24-27,31-35,37,39,44,47,75-77,82H,5-8,11-12,15-19,23,28-30,36,38,40-43,45-46,48-74H2,1-4H3,(H,87,88)(H,89,90)/b13-9-,14-10-,24-20-,25-21-,26-22-,31-27-,34-32-,35-33-,39-37-,47-44-. The normalized spacial score (nSPS) is 14.6. The van der Waals surface area contributed by atoms with Crippen molar-refractivity contribution >= 4 is 39.5 Å². The number of rotatable bonds is 72. The Kier molecular flexibility index (Phi) is 69.5. The highest BCUT2D eigenvalue weighted by atomic mass is 31.2. The first-order valence-corrected chi connectivity index (χ1v) is 41.8. The maximum atomic E-state index is 13.1. The molecule has 574 valence electrons. The molecule has 0 bridgehead atoms. The highest BCUT2D eigenvalue weighted by Crippen LogP contribution is 2.45. The minimum atomic E-state index is -4.99. The van der Waals surface area contributed by atoms with Crippen molar-refractivity contribution in [3.63, 3.8) is 0 Å². The molecule has 0 heterocycles. The van der Waals surface area contributed by atoms with Gasteiger partial charge in [-0.25, -0.2) is 9.13 Å². The third-order valence-corrected chi connectivity index (χ3v) is 17.8. The zero-order valence-corrected chi connectivity index (χ0v) is 64.4. The van der Waals surface area contributed by atoms with Gasteiger partial charge in [0.05, 0.1) is 26.4 Å². The Bertz CT molecular complexity index is 2370. The summed E-state index contributed by atoms with van der Waals surface area (Å²) < 4.78 is 68.4. The molecule has 0 aliphatic carbocycles. The highest BCUT2D eigenvalue weighted by molar-refractivity contribution is 7.47. The maximum Gasteiger partial charge on any atom is 0.472 e. The van der Waals surface area contributed by atoms with Gasteiger partial charge in [0.1, 0.15) is 19.3 Å². The lowest BCUT2D eigenvalue weighted by atomic mass is 10.1. The smallest absolute Gasteiger partial charge is 0.462 e. The number of phosphoric ester groups is 2. The minimum Gasteiger partial charge on any atom is -0.462 e. The monoisotopic (exact) mass is 1440 g/mol. The molecule has 0 fully saturated rings. The van der Waals surface area contributed by atoms with Crippen LogP contribution >= 0.6 is 15.6 Å². The lowest BCUT2D eigenvalue weighted by Gasteiger charge is -2.21. The summed E-state index contributed by atoms with van der Waals surface area (Å²) >= 11 is 0. The van der Waals surface area contributed by atoms with Crippen LogP contribution < -0.4 is 0 Å². The number of hydrogen-bond acceptors (Lipinski definition) is 15. The Morgan fingerprint density at radius 1 is 0.290 bits per heavy atom. The van der Waals surface area contributed by atoms with Crippen molar-refractivity contribution in [2.24, 2.45) is 0 Å². The maximum absolute atomic E-state index is 13.1. The van der Waals surface area contributed by atoms with Crippen molar-refractivity contribution in [3.05, 3.63) is 122 Å². The van der Waals surface area contributed by atoms with Gasteiger partial charge in [-0.2, -0.15) is 0 Å². The third-order valence-electron chi connectivity index (χ3n) is 15.9. The van der Waals surface area contributed by atoms with Crippen LogP contribution in [0.25, 0.3) is 0 Å². The fourth-order valence-corrected chi connectivity index (χ4v) is 11.6. The van der Waals surface area contributed by atoms with Crippen LogP contribution in [0.4, 0.5) is 0 Å². The average molecular weight is 1450 g/mol. The van der Waals surface area contributed by atoms with Gasteiger partial charge in [-0.3, -0.25) is 37.3 Å². The molecule has 19 heteroatoms. The van der Waals surface area contributed by atoms with E-state index in [0.717, 1.165) is 193 Å². The number of ether oxygens (including phenoxy) is 4. The SMILES string of the molecule is CC/C=C\C/C=C\C/C=C\C/C=C\C/C=C\CCCCCC(=O)OCC(COP(=O)(O)OCC(O)COP(=O)(O)OCC(COC(=O)CCCCCCCCC/C=C\C/C=C\C/C=C\CC)OC(=O)CCCCCCC/C=C\CCCC)OC(=O)CCCCCCC/C=C\CCCCCC. The number of unbranched alkanes of at least 4 members (excludes halogenated alkanes) is 26. The second-order valence-electron chi connectivity index (χ2n) is 25.5. The number of carbonyl (C=O) groups is 4. The number of hydrogen-bond donors (Lipinski definition) is 3. The molecule has 0 saturated heterocycles. The van der Waals surface area contributed by atoms with Crippen LogP contribution in [-0.4, -0.2) is 96.7 Å². The van der Waals surface area contributed by atoms with Gasteiger partial charge in [0.25, 0.3) is 0 Å².